The minimum atomic E-state index is 0.181. The Labute approximate surface area is 153 Å². The summed E-state index contributed by atoms with van der Waals surface area (Å²) in [5.74, 6) is 1.02. The molecule has 2 aliphatic rings. The molecule has 1 saturated heterocycles. The predicted molar refractivity (Wildman–Crippen MR) is 95.9 cm³/mol. The maximum Gasteiger partial charge on any atom is 0.214 e. The highest BCUT2D eigenvalue weighted by Crippen LogP contribution is 2.31. The van der Waals surface area contributed by atoms with Crippen molar-refractivity contribution in [2.24, 2.45) is 0 Å². The number of tetrazole rings is 1. The minimum absolute atomic E-state index is 0.181. The highest BCUT2D eigenvalue weighted by atomic mass is 35.5. The molecule has 2 N–H and O–H groups in total. The lowest BCUT2D eigenvalue weighted by Crippen LogP contribution is -3.27. The normalized spacial score (nSPS) is 26.0. The molecular weight excluding hydrogens is 336 g/mol. The van der Waals surface area contributed by atoms with E-state index in [9.17, 15) is 0 Å². The number of aromatic nitrogens is 4. The van der Waals surface area contributed by atoms with Crippen molar-refractivity contribution in [1.29, 1.82) is 0 Å². The first-order valence-corrected chi connectivity index (χ1v) is 9.79. The molecule has 134 valence electrons. The van der Waals surface area contributed by atoms with Gasteiger partial charge in [-0.25, -0.2) is 4.68 Å². The third-order valence-corrected chi connectivity index (χ3v) is 6.06. The van der Waals surface area contributed by atoms with Gasteiger partial charge >= 0.3 is 0 Å². The lowest BCUT2D eigenvalue weighted by Gasteiger charge is -2.33. The van der Waals surface area contributed by atoms with E-state index in [1.165, 1.54) is 44.3 Å². The predicted octanol–water partition coefficient (Wildman–Crippen LogP) is -0.0558. The Bertz CT molecular complexity index is 686. The third kappa shape index (κ3) is 3.57. The zero-order valence-corrected chi connectivity index (χ0v) is 15.5. The molecule has 2 fully saturated rings. The molecule has 2 heterocycles. The molecule has 6 nitrogen and oxygen atoms in total. The van der Waals surface area contributed by atoms with Crippen LogP contribution >= 0.6 is 11.6 Å². The van der Waals surface area contributed by atoms with E-state index in [2.05, 4.69) is 39.4 Å². The fourth-order valence-electron chi connectivity index (χ4n) is 4.31. The second-order valence-corrected chi connectivity index (χ2v) is 7.96. The maximum absolute atomic E-state index is 6.13. The summed E-state index contributed by atoms with van der Waals surface area (Å²) in [6, 6.07) is 8.87. The molecule has 0 radical (unpaired) electrons. The van der Waals surface area contributed by atoms with Crippen molar-refractivity contribution in [3.05, 3.63) is 40.7 Å². The standard InChI is InChI=1S/C18H25ClN6/c1-23-10-12-24(13-11-23)17(14-6-8-15(19)9-7-14)18-20-21-22-25(18)16-4-2-3-5-16/h6-9,16-17H,2-5,10-13H2,1H3/p+2/t17-/m1/s1. The molecule has 1 aliphatic heterocycles. The van der Waals surface area contributed by atoms with E-state index < -0.39 is 0 Å². The van der Waals surface area contributed by atoms with Crippen molar-refractivity contribution in [2.45, 2.75) is 37.8 Å². The van der Waals surface area contributed by atoms with Crippen molar-refractivity contribution in [3.8, 4) is 0 Å². The van der Waals surface area contributed by atoms with Crippen LogP contribution in [0.3, 0.4) is 0 Å². The summed E-state index contributed by atoms with van der Waals surface area (Å²) in [4.78, 5) is 3.16. The fourth-order valence-corrected chi connectivity index (χ4v) is 4.43. The Morgan fingerprint density at radius 3 is 2.44 bits per heavy atom. The minimum Gasteiger partial charge on any atom is -0.328 e. The average Bonchev–Trinajstić information content (AvgIpc) is 3.30. The van der Waals surface area contributed by atoms with Gasteiger partial charge in [0.25, 0.3) is 0 Å². The van der Waals surface area contributed by atoms with Crippen LogP contribution in [0.4, 0.5) is 0 Å². The first-order chi connectivity index (χ1) is 12.2. The summed E-state index contributed by atoms with van der Waals surface area (Å²) in [6.45, 7) is 4.64. The van der Waals surface area contributed by atoms with E-state index in [1.54, 1.807) is 9.80 Å². The van der Waals surface area contributed by atoms with Gasteiger partial charge in [0.05, 0.1) is 13.1 Å². The number of halogens is 1. The number of hydrogen-bond acceptors (Lipinski definition) is 3. The van der Waals surface area contributed by atoms with Gasteiger partial charge in [0.15, 0.2) is 6.04 Å². The Kier molecular flexibility index (Phi) is 5.01. The number of likely N-dealkylation sites (N-methyl/N-ethyl adjacent to an activating group) is 1. The molecule has 0 unspecified atom stereocenters. The number of rotatable bonds is 4. The van der Waals surface area contributed by atoms with Crippen molar-refractivity contribution in [1.82, 2.24) is 20.2 Å². The second kappa shape index (κ2) is 7.40. The van der Waals surface area contributed by atoms with E-state index >= 15 is 0 Å². The highest BCUT2D eigenvalue weighted by molar-refractivity contribution is 6.30. The Morgan fingerprint density at radius 1 is 1.08 bits per heavy atom. The smallest absolute Gasteiger partial charge is 0.214 e. The second-order valence-electron chi connectivity index (χ2n) is 7.52. The number of benzene rings is 1. The van der Waals surface area contributed by atoms with Crippen LogP contribution < -0.4 is 9.80 Å². The van der Waals surface area contributed by atoms with Gasteiger partial charge in [0.1, 0.15) is 26.2 Å². The monoisotopic (exact) mass is 362 g/mol. The molecule has 1 aliphatic carbocycles. The Hall–Kier alpha value is -1.50. The SMILES string of the molecule is C[NH+]1CC[NH+]([C@H](c2ccc(Cl)cc2)c2nnnn2C2CCCC2)CC1. The van der Waals surface area contributed by atoms with Gasteiger partial charge in [-0.1, -0.05) is 36.6 Å². The lowest BCUT2D eigenvalue weighted by atomic mass is 10.0. The van der Waals surface area contributed by atoms with Crippen LogP contribution in [0.1, 0.15) is 49.2 Å². The van der Waals surface area contributed by atoms with E-state index in [-0.39, 0.29) is 6.04 Å². The molecule has 7 heteroatoms. The van der Waals surface area contributed by atoms with Crippen LogP contribution in [-0.4, -0.2) is 53.4 Å². The van der Waals surface area contributed by atoms with Crippen LogP contribution in [0.2, 0.25) is 5.02 Å². The molecule has 0 bridgehead atoms. The Balaban J connectivity index is 1.70. The van der Waals surface area contributed by atoms with Gasteiger partial charge in [-0.05, 0) is 35.4 Å². The van der Waals surface area contributed by atoms with Crippen molar-refractivity contribution in [3.63, 3.8) is 0 Å². The number of piperazine rings is 1. The highest BCUT2D eigenvalue weighted by Gasteiger charge is 2.36. The molecule has 1 aromatic carbocycles. The molecule has 0 spiro atoms. The first-order valence-electron chi connectivity index (χ1n) is 9.41. The molecule has 1 aromatic heterocycles. The third-order valence-electron chi connectivity index (χ3n) is 5.80. The van der Waals surface area contributed by atoms with E-state index in [1.807, 2.05) is 12.1 Å². The largest absolute Gasteiger partial charge is 0.328 e. The maximum atomic E-state index is 6.13. The van der Waals surface area contributed by atoms with Gasteiger partial charge in [0.2, 0.25) is 5.82 Å². The lowest BCUT2D eigenvalue weighted by molar-refractivity contribution is -1.02. The summed E-state index contributed by atoms with van der Waals surface area (Å²) < 4.78 is 2.12. The van der Waals surface area contributed by atoms with Crippen LogP contribution in [-0.2, 0) is 0 Å². The molecule has 2 aromatic rings. The zero-order chi connectivity index (χ0) is 17.2. The van der Waals surface area contributed by atoms with Crippen LogP contribution in [0.15, 0.2) is 24.3 Å². The average molecular weight is 363 g/mol. The number of quaternary nitrogens is 2. The van der Waals surface area contributed by atoms with Crippen molar-refractivity contribution >= 4 is 11.6 Å². The number of hydrogen-bond donors (Lipinski definition) is 2. The summed E-state index contributed by atoms with van der Waals surface area (Å²) in [5, 5.41) is 13.7. The van der Waals surface area contributed by atoms with E-state index in [4.69, 9.17) is 11.6 Å². The van der Waals surface area contributed by atoms with Crippen molar-refractivity contribution < 1.29 is 9.80 Å². The molecule has 1 atom stereocenters. The Morgan fingerprint density at radius 2 is 1.76 bits per heavy atom. The molecule has 4 rings (SSSR count). The summed E-state index contributed by atoms with van der Waals surface area (Å²) in [7, 11) is 2.27. The van der Waals surface area contributed by atoms with Crippen LogP contribution in [0, 0.1) is 0 Å². The topological polar surface area (TPSA) is 52.5 Å². The molecule has 1 saturated carbocycles. The van der Waals surface area contributed by atoms with E-state index in [0.29, 0.717) is 6.04 Å². The molecular formula is C18H27ClN6+2. The molecule has 25 heavy (non-hydrogen) atoms. The fraction of sp³-hybridized carbons (Fsp3) is 0.611. The van der Waals surface area contributed by atoms with Crippen molar-refractivity contribution in [2.75, 3.05) is 33.2 Å². The van der Waals surface area contributed by atoms with Gasteiger partial charge in [0, 0.05) is 10.6 Å². The van der Waals surface area contributed by atoms with Gasteiger partial charge < -0.3 is 9.80 Å². The number of nitrogens with zero attached hydrogens (tertiary/aromatic N) is 4. The zero-order valence-electron chi connectivity index (χ0n) is 14.8. The first kappa shape index (κ1) is 16.9. The van der Waals surface area contributed by atoms with Gasteiger partial charge in [-0.2, -0.15) is 0 Å². The summed E-state index contributed by atoms with van der Waals surface area (Å²) in [6.07, 6.45) is 4.93. The summed E-state index contributed by atoms with van der Waals surface area (Å²) >= 11 is 6.13. The van der Waals surface area contributed by atoms with Gasteiger partial charge in [-0.3, -0.25) is 0 Å². The van der Waals surface area contributed by atoms with Crippen LogP contribution in [0.25, 0.3) is 0 Å². The number of nitrogens with one attached hydrogen (secondary N) is 2. The van der Waals surface area contributed by atoms with Gasteiger partial charge in [-0.15, -0.1) is 5.10 Å². The van der Waals surface area contributed by atoms with Crippen LogP contribution in [0.5, 0.6) is 0 Å². The summed E-state index contributed by atoms with van der Waals surface area (Å²) in [5.41, 5.74) is 1.26. The van der Waals surface area contributed by atoms with E-state index in [0.717, 1.165) is 23.9 Å². The quantitative estimate of drug-likeness (QED) is 0.801. The molecule has 0 amide bonds.